The second-order valence-corrected chi connectivity index (χ2v) is 12.4. The largest absolute Gasteiger partial charge is 1.00 e. The number of aliphatic hydroxyl groups is 1. The molecule has 1 heterocycles. The number of amides is 2. The normalized spacial score (nSPS) is 21.6. The van der Waals surface area contributed by atoms with E-state index in [1.165, 1.54) is 12.1 Å². The van der Waals surface area contributed by atoms with E-state index in [2.05, 4.69) is 15.4 Å². The number of hydrogen-bond donors (Lipinski definition) is 4. The van der Waals surface area contributed by atoms with Gasteiger partial charge in [0.25, 0.3) is 0 Å². The summed E-state index contributed by atoms with van der Waals surface area (Å²) in [6.07, 6.45) is 4.86. The fraction of sp³-hybridized carbons (Fsp3) is 0.636. The molecule has 0 spiro atoms. The molecule has 2 fully saturated rings. The van der Waals surface area contributed by atoms with Crippen LogP contribution in [0.25, 0.3) is 0 Å². The van der Waals surface area contributed by atoms with E-state index >= 15 is 0 Å². The fourth-order valence-corrected chi connectivity index (χ4v) is 6.54. The summed E-state index contributed by atoms with van der Waals surface area (Å²) in [5, 5.41) is 15.1. The van der Waals surface area contributed by atoms with E-state index in [1.807, 2.05) is 0 Å². The van der Waals surface area contributed by atoms with Crippen molar-refractivity contribution in [3.8, 4) is 0 Å². The molecule has 1 aromatic rings. The van der Waals surface area contributed by atoms with Crippen LogP contribution in [0.3, 0.4) is 0 Å². The molecule has 0 bridgehead atoms. The van der Waals surface area contributed by atoms with E-state index in [9.17, 15) is 36.1 Å². The smallest absolute Gasteiger partial charge is 0.746 e. The molecule has 0 aromatic heterocycles. The molecule has 1 aliphatic heterocycles. The van der Waals surface area contributed by atoms with Crippen LogP contribution in [0.1, 0.15) is 51.4 Å². The predicted molar refractivity (Wildman–Crippen MR) is 125 cm³/mol. The molecule has 1 aromatic carbocycles. The predicted octanol–water partition coefficient (Wildman–Crippen LogP) is -2.82. The van der Waals surface area contributed by atoms with Crippen molar-refractivity contribution in [1.82, 2.24) is 15.4 Å². The molecule has 1 unspecified atom stereocenters. The van der Waals surface area contributed by atoms with Gasteiger partial charge in [-0.3, -0.25) is 9.59 Å². The standard InChI is InChI=1S/C22H33N3O8S2.Na/c26-20-16(11-12-23-20)14-19(22(28)35(31,32)33)24-21(27)18(13-15-7-3-1-4-8-15)25-34(29,30)17-9-5-2-6-10-17;/h2,5-6,9-10,15-16,18-19,22,25,28H,1,3-4,7-8,11-14H2,(H,23,26)(H,24,27)(H,31,32,33);/q;+1/p-1/t16-,18-,19-,22?;/m0./s1. The summed E-state index contributed by atoms with van der Waals surface area (Å²) in [7, 11) is -9.31. The zero-order valence-electron chi connectivity index (χ0n) is 20.3. The summed E-state index contributed by atoms with van der Waals surface area (Å²) in [4.78, 5) is 25.2. The third kappa shape index (κ3) is 8.76. The van der Waals surface area contributed by atoms with E-state index in [4.69, 9.17) is 0 Å². The van der Waals surface area contributed by atoms with E-state index in [0.29, 0.717) is 13.0 Å². The Balaban J connectivity index is 0.00000456. The van der Waals surface area contributed by atoms with Crippen LogP contribution in [0.5, 0.6) is 0 Å². The number of aliphatic hydroxyl groups excluding tert-OH is 1. The van der Waals surface area contributed by atoms with E-state index < -0.39 is 49.5 Å². The molecule has 14 heteroatoms. The van der Waals surface area contributed by atoms with Crippen LogP contribution < -0.4 is 44.9 Å². The summed E-state index contributed by atoms with van der Waals surface area (Å²) in [5.74, 6) is -1.86. The van der Waals surface area contributed by atoms with Gasteiger partial charge in [-0.15, -0.1) is 0 Å². The van der Waals surface area contributed by atoms with Crippen molar-refractivity contribution in [1.29, 1.82) is 0 Å². The number of carbonyl (C=O) groups excluding carboxylic acids is 2. The average molecular weight is 554 g/mol. The van der Waals surface area contributed by atoms with Crippen molar-refractivity contribution in [2.75, 3.05) is 6.54 Å². The van der Waals surface area contributed by atoms with Gasteiger partial charge < -0.3 is 20.3 Å². The summed E-state index contributed by atoms with van der Waals surface area (Å²) < 4.78 is 62.9. The van der Waals surface area contributed by atoms with E-state index in [-0.39, 0.29) is 59.1 Å². The van der Waals surface area contributed by atoms with Gasteiger partial charge in [-0.05, 0) is 37.3 Å². The Hall–Kier alpha value is -1.06. The van der Waals surface area contributed by atoms with Crippen molar-refractivity contribution >= 4 is 32.0 Å². The van der Waals surface area contributed by atoms with Gasteiger partial charge in [-0.1, -0.05) is 50.3 Å². The number of benzene rings is 1. The molecule has 1 saturated heterocycles. The third-order valence-corrected chi connectivity index (χ3v) is 9.04. The quantitative estimate of drug-likeness (QED) is 0.167. The summed E-state index contributed by atoms with van der Waals surface area (Å²) in [6, 6.07) is 4.67. The van der Waals surface area contributed by atoms with Crippen molar-refractivity contribution in [2.24, 2.45) is 11.8 Å². The topological polar surface area (TPSA) is 182 Å². The first-order chi connectivity index (χ1) is 16.5. The Morgan fingerprint density at radius 2 is 1.69 bits per heavy atom. The maximum Gasteiger partial charge on any atom is 1.00 e. The van der Waals surface area contributed by atoms with Crippen molar-refractivity contribution in [3.63, 3.8) is 0 Å². The van der Waals surface area contributed by atoms with Crippen LogP contribution in [0, 0.1) is 11.8 Å². The first-order valence-corrected chi connectivity index (χ1v) is 14.7. The first kappa shape index (κ1) is 31.2. The molecule has 2 amide bonds. The number of carbonyl (C=O) groups is 2. The van der Waals surface area contributed by atoms with Crippen LogP contribution >= 0.6 is 0 Å². The van der Waals surface area contributed by atoms with Gasteiger partial charge in [0.05, 0.1) is 10.9 Å². The minimum Gasteiger partial charge on any atom is -0.746 e. The molecule has 36 heavy (non-hydrogen) atoms. The Kier molecular flexibility index (Phi) is 11.8. The van der Waals surface area contributed by atoms with Crippen molar-refractivity contribution in [3.05, 3.63) is 30.3 Å². The van der Waals surface area contributed by atoms with Gasteiger partial charge in [0.15, 0.2) is 5.44 Å². The summed E-state index contributed by atoms with van der Waals surface area (Å²) >= 11 is 0. The Morgan fingerprint density at radius 3 is 2.25 bits per heavy atom. The molecular weight excluding hydrogens is 521 g/mol. The third-order valence-electron chi connectivity index (χ3n) is 6.63. The van der Waals surface area contributed by atoms with Crippen LogP contribution in [0.2, 0.25) is 0 Å². The molecule has 4 atom stereocenters. The van der Waals surface area contributed by atoms with Crippen LogP contribution in [0.15, 0.2) is 35.2 Å². The van der Waals surface area contributed by atoms with Crippen LogP contribution in [0.4, 0.5) is 0 Å². The summed E-state index contributed by atoms with van der Waals surface area (Å²) in [6.45, 7) is 0.353. The Labute approximate surface area is 234 Å². The molecule has 0 radical (unpaired) electrons. The second kappa shape index (κ2) is 13.7. The van der Waals surface area contributed by atoms with Crippen LogP contribution in [-0.4, -0.2) is 62.4 Å². The van der Waals surface area contributed by atoms with Gasteiger partial charge in [0.2, 0.25) is 21.8 Å². The first-order valence-electron chi connectivity index (χ1n) is 11.8. The van der Waals surface area contributed by atoms with Crippen LogP contribution in [-0.2, 0) is 29.7 Å². The minimum absolute atomic E-state index is 0. The van der Waals surface area contributed by atoms with Gasteiger partial charge in [-0.25, -0.2) is 16.8 Å². The van der Waals surface area contributed by atoms with Gasteiger partial charge in [0.1, 0.15) is 16.2 Å². The number of hydrogen-bond acceptors (Lipinski definition) is 8. The second-order valence-electron chi connectivity index (χ2n) is 9.24. The Bertz CT molecular complexity index is 1100. The zero-order valence-corrected chi connectivity index (χ0v) is 23.9. The number of nitrogens with one attached hydrogen (secondary N) is 3. The molecule has 11 nitrogen and oxygen atoms in total. The van der Waals surface area contributed by atoms with Crippen molar-refractivity contribution < 1.29 is 65.6 Å². The molecule has 2 aliphatic rings. The monoisotopic (exact) mass is 553 g/mol. The minimum atomic E-state index is -5.22. The molecule has 4 N–H and O–H groups in total. The molecule has 3 rings (SSSR count). The van der Waals surface area contributed by atoms with E-state index in [1.54, 1.807) is 18.2 Å². The van der Waals surface area contributed by atoms with Gasteiger partial charge in [-0.2, -0.15) is 4.72 Å². The zero-order chi connectivity index (χ0) is 25.6. The van der Waals surface area contributed by atoms with Crippen molar-refractivity contribution in [2.45, 2.75) is 73.8 Å². The summed E-state index contributed by atoms with van der Waals surface area (Å²) in [5.41, 5.74) is -2.49. The maximum absolute atomic E-state index is 13.3. The maximum atomic E-state index is 13.3. The molecule has 1 saturated carbocycles. The van der Waals surface area contributed by atoms with Gasteiger partial charge >= 0.3 is 29.6 Å². The molecular formula is C22H32N3NaO8S2. The van der Waals surface area contributed by atoms with E-state index in [0.717, 1.165) is 32.1 Å². The molecule has 196 valence electrons. The Morgan fingerprint density at radius 1 is 1.06 bits per heavy atom. The fourth-order valence-electron chi connectivity index (χ4n) is 4.73. The molecule has 1 aliphatic carbocycles. The number of sulfonamides is 1. The number of rotatable bonds is 11. The SMILES string of the molecule is O=C1NCC[C@H]1C[C@H](NC(=O)[C@H](CC1CCCCC1)NS(=O)(=O)c1ccccc1)C(O)S(=O)(=O)[O-].[Na+]. The van der Waals surface area contributed by atoms with Gasteiger partial charge in [0, 0.05) is 12.5 Å². The average Bonchev–Trinajstić information content (AvgIpc) is 3.22.